The zero-order chi connectivity index (χ0) is 2.71. The van der Waals surface area contributed by atoms with Crippen LogP contribution in [0.2, 0.25) is 0 Å². The van der Waals surface area contributed by atoms with E-state index in [0.717, 1.165) is 0 Å². The van der Waals surface area contributed by atoms with Gasteiger partial charge < -0.3 is 0 Å². The van der Waals surface area contributed by atoms with Gasteiger partial charge in [-0.2, -0.15) is 0 Å². The minimum Gasteiger partial charge on any atom is -0.269 e. The third-order valence-corrected chi connectivity index (χ3v) is 0. The highest BCUT2D eigenvalue weighted by molar-refractivity contribution is 3.86. The van der Waals surface area contributed by atoms with Crippen LogP contribution in [-0.4, -0.2) is 6.67 Å². The number of hydrogen-bond donors (Lipinski definition) is 0. The third kappa shape index (κ3) is 70.2. The number of rotatable bonds is 0. The van der Waals surface area contributed by atoms with Crippen molar-refractivity contribution in [2.75, 3.05) is 6.67 Å². The second-order valence-electron chi connectivity index (χ2n) is 0.267. The predicted molar refractivity (Wildman–Crippen MR) is 14.2 cm³/mol. The molecule has 0 rings (SSSR count). The van der Waals surface area contributed by atoms with Gasteiger partial charge in [-0.25, -0.2) is 0 Å². The van der Waals surface area contributed by atoms with E-state index in [1.807, 2.05) is 0 Å². The van der Waals surface area contributed by atoms with Crippen molar-refractivity contribution in [2.45, 2.75) is 6.92 Å². The first-order valence-electron chi connectivity index (χ1n) is 0.974. The Labute approximate surface area is 24.0 Å². The van der Waals surface area contributed by atoms with Crippen LogP contribution in [0.15, 0.2) is 0 Å². The summed E-state index contributed by atoms with van der Waals surface area (Å²) in [4.78, 5) is 0. The molecule has 0 radical (unpaired) electrons. The summed E-state index contributed by atoms with van der Waals surface area (Å²) in [5.41, 5.74) is 0. The first-order chi connectivity index (χ1) is 1.41. The van der Waals surface area contributed by atoms with Gasteiger partial charge in [-0.15, -0.1) is 0 Å². The van der Waals surface area contributed by atoms with Crippen LogP contribution in [0, 0.1) is 0 Å². The molecule has 0 aliphatic carbocycles. The molecule has 0 N–H and O–H groups in total. The van der Waals surface area contributed by atoms with Gasteiger partial charge in [0.05, 0.1) is 6.67 Å². The number of alkyl halides is 1. The second-order valence-corrected chi connectivity index (χ2v) is 0.267. The second kappa shape index (κ2) is 13.4. The van der Waals surface area contributed by atoms with Crippen molar-refractivity contribution in [1.82, 2.24) is 0 Å². The zero-order valence-electron chi connectivity index (χ0n) is 2.49. The van der Waals surface area contributed by atoms with E-state index in [4.69, 9.17) is 0 Å². The average molecular weight is 68.1 g/mol. The number of hydrogen-bond acceptors (Lipinski definition) is 0. The van der Waals surface area contributed by atoms with E-state index in [1.165, 1.54) is 6.92 Å². The van der Waals surface area contributed by atoms with E-state index < -0.39 is 0 Å². The van der Waals surface area contributed by atoms with Gasteiger partial charge in [0.15, 0.2) is 0 Å². The van der Waals surface area contributed by atoms with Gasteiger partial charge in [0.2, 0.25) is 0 Å². The highest BCUT2D eigenvalue weighted by Gasteiger charge is 1.39. The van der Waals surface area contributed by atoms with E-state index in [9.17, 15) is 4.39 Å². The van der Waals surface area contributed by atoms with Crippen molar-refractivity contribution < 1.29 is 9.09 Å². The molecule has 0 heterocycles. The Bertz CT molecular complexity index is 4.00. The van der Waals surface area contributed by atoms with E-state index in [-0.39, 0.29) is 11.4 Å². The van der Waals surface area contributed by atoms with Gasteiger partial charge in [0, 0.05) is 0 Å². The maximum atomic E-state index is 10.3. The lowest BCUT2D eigenvalue weighted by molar-refractivity contribution is 0.527. The fourth-order valence-corrected chi connectivity index (χ4v) is 0. The van der Waals surface area contributed by atoms with Crippen molar-refractivity contribution in [3.8, 4) is 0 Å². The van der Waals surface area contributed by atoms with Gasteiger partial charge in [0.25, 0.3) is 0 Å². The molecule has 0 fully saturated rings. The van der Waals surface area contributed by atoms with Crippen LogP contribution < -0.4 is 0 Å². The summed E-state index contributed by atoms with van der Waals surface area (Å²) in [6.45, 7) is 1.21. The Balaban J connectivity index is 0. The molecule has 4 heavy (non-hydrogen) atoms. The van der Waals surface area contributed by atoms with Crippen molar-refractivity contribution >= 4 is 0 Å². The summed E-state index contributed by atoms with van der Waals surface area (Å²) in [6, 6.07) is 0. The Morgan fingerprint density at radius 1 is 1.75 bits per heavy atom. The van der Waals surface area contributed by atoms with Crippen molar-refractivity contribution in [3.05, 3.63) is 0 Å². The third-order valence-electron chi connectivity index (χ3n) is 0. The molecule has 0 unspecified atom stereocenters. The molecule has 0 atom stereocenters. The Hall–Kier alpha value is -0.140. The molecule has 0 aliphatic rings. The minimum absolute atomic E-state index is 0. The summed E-state index contributed by atoms with van der Waals surface area (Å²) in [5, 5.41) is 0. The number of halogens is 2. The predicted octanol–water partition coefficient (Wildman–Crippen LogP) is 1.13. The van der Waals surface area contributed by atoms with Crippen LogP contribution in [0.5, 0.6) is 0 Å². The first-order valence-corrected chi connectivity index (χ1v) is 0.974. The highest BCUT2D eigenvalue weighted by atomic mass is 19.1. The first kappa shape index (κ1) is 9.13. The van der Waals surface area contributed by atoms with Gasteiger partial charge in [0.1, 0.15) is 0 Å². The molecule has 0 saturated heterocycles. The van der Waals surface area contributed by atoms with Gasteiger partial charge in [-0.1, -0.05) is 0 Å². The molecule has 0 aromatic heterocycles. The van der Waals surface area contributed by atoms with Crippen LogP contribution in [0.25, 0.3) is 0 Å². The fraction of sp³-hybridized carbons (Fsp3) is 1.00. The van der Waals surface area contributed by atoms with Crippen molar-refractivity contribution in [3.63, 3.8) is 0 Å². The molecular weight excluding hydrogens is 62.0 g/mol. The van der Waals surface area contributed by atoms with Crippen LogP contribution in [0.1, 0.15) is 6.92 Å². The summed E-state index contributed by atoms with van der Waals surface area (Å²) < 4.78 is 10.3. The maximum Gasteiger partial charge on any atom is 0.0866 e. The molecule has 0 aromatic rings. The molecule has 0 amide bonds. The highest BCUT2D eigenvalue weighted by Crippen LogP contribution is 1.48. The van der Waals surface area contributed by atoms with Gasteiger partial charge >= 0.3 is 0 Å². The van der Waals surface area contributed by atoms with Crippen LogP contribution in [0.3, 0.4) is 0 Å². The van der Waals surface area contributed by atoms with Gasteiger partial charge in [-0.3, -0.25) is 9.09 Å². The molecular formula is C2H6F2. The summed E-state index contributed by atoms with van der Waals surface area (Å²) in [7, 11) is 0. The molecule has 0 spiro atoms. The van der Waals surface area contributed by atoms with Crippen molar-refractivity contribution in [2.24, 2.45) is 0 Å². The topological polar surface area (TPSA) is 0 Å². The standard InChI is InChI=1S/C2H5F.FH/c1-2-3;/h2H2,1H3;1H. The normalized spacial score (nSPS) is 4.50. The molecule has 2 heteroatoms. The SMILES string of the molecule is CCF.F. The summed E-state index contributed by atoms with van der Waals surface area (Å²) in [5.74, 6) is 0. The largest absolute Gasteiger partial charge is 0.269 e. The molecule has 28 valence electrons. The van der Waals surface area contributed by atoms with Crippen LogP contribution in [-0.2, 0) is 0 Å². The van der Waals surface area contributed by atoms with Crippen LogP contribution in [0.4, 0.5) is 9.09 Å². The average Bonchev–Trinajstić information content (AvgIpc) is 0.918. The van der Waals surface area contributed by atoms with E-state index in [1.54, 1.807) is 0 Å². The molecule has 0 nitrogen and oxygen atoms in total. The lowest BCUT2D eigenvalue weighted by Crippen LogP contribution is -1.40. The summed E-state index contributed by atoms with van der Waals surface area (Å²) in [6.07, 6.45) is 0. The van der Waals surface area contributed by atoms with Crippen molar-refractivity contribution in [1.29, 1.82) is 0 Å². The molecule has 0 aromatic carbocycles. The fourth-order valence-electron chi connectivity index (χ4n) is 0. The minimum atomic E-state index is -0.250. The Morgan fingerprint density at radius 2 is 1.75 bits per heavy atom. The lowest BCUT2D eigenvalue weighted by Gasteiger charge is -1.45. The molecule has 0 saturated carbocycles. The van der Waals surface area contributed by atoms with Gasteiger partial charge in [-0.05, 0) is 6.92 Å². The van der Waals surface area contributed by atoms with Crippen LogP contribution >= 0.6 is 0 Å². The monoisotopic (exact) mass is 68.0 g/mol. The summed E-state index contributed by atoms with van der Waals surface area (Å²) >= 11 is 0. The zero-order valence-corrected chi connectivity index (χ0v) is 2.49. The smallest absolute Gasteiger partial charge is 0.0866 e. The Kier molecular flexibility index (Phi) is 30.5. The Morgan fingerprint density at radius 3 is 1.75 bits per heavy atom. The maximum absolute atomic E-state index is 10.3. The van der Waals surface area contributed by atoms with E-state index in [0.29, 0.717) is 0 Å². The molecule has 0 aliphatic heterocycles. The van der Waals surface area contributed by atoms with E-state index in [2.05, 4.69) is 0 Å². The quantitative estimate of drug-likeness (QED) is 0.399. The lowest BCUT2D eigenvalue weighted by atomic mass is 10.9. The van der Waals surface area contributed by atoms with E-state index >= 15 is 0 Å². The molecule has 0 bridgehead atoms.